The van der Waals surface area contributed by atoms with Crippen molar-refractivity contribution in [3.8, 4) is 0 Å². The van der Waals surface area contributed by atoms with E-state index in [4.69, 9.17) is 0 Å². The molecule has 1 heterocycles. The molecule has 0 aliphatic carbocycles. The van der Waals surface area contributed by atoms with Gasteiger partial charge < -0.3 is 5.32 Å². The van der Waals surface area contributed by atoms with Gasteiger partial charge in [-0.05, 0) is 32.2 Å². The van der Waals surface area contributed by atoms with Crippen molar-refractivity contribution in [2.75, 3.05) is 13.6 Å². The maximum Gasteiger partial charge on any atom is 0.240 e. The number of nitrogens with zero attached hydrogens (tertiary/aromatic N) is 1. The maximum absolute atomic E-state index is 12.1. The molecule has 1 atom stereocenters. The zero-order valence-corrected chi connectivity index (χ0v) is 11.8. The van der Waals surface area contributed by atoms with Crippen LogP contribution in [0.25, 0.3) is 10.2 Å². The minimum absolute atomic E-state index is 0.0897. The number of nitrogens with one attached hydrogen (secondary N) is 2. The summed E-state index contributed by atoms with van der Waals surface area (Å²) in [5.74, 6) is 0. The fraction of sp³-hybridized carbons (Fsp3) is 0.364. The van der Waals surface area contributed by atoms with Crippen molar-refractivity contribution in [2.24, 2.45) is 0 Å². The molecule has 7 heteroatoms. The van der Waals surface area contributed by atoms with Crippen LogP contribution in [0.2, 0.25) is 0 Å². The fourth-order valence-electron chi connectivity index (χ4n) is 1.42. The third-order valence-electron chi connectivity index (χ3n) is 2.69. The van der Waals surface area contributed by atoms with Crippen molar-refractivity contribution in [3.05, 3.63) is 23.7 Å². The summed E-state index contributed by atoms with van der Waals surface area (Å²) in [7, 11) is -1.65. The van der Waals surface area contributed by atoms with Gasteiger partial charge in [0.05, 0.1) is 20.6 Å². The first-order chi connectivity index (χ1) is 8.53. The lowest BCUT2D eigenvalue weighted by atomic mass is 10.3. The van der Waals surface area contributed by atoms with Crippen LogP contribution in [0.4, 0.5) is 0 Å². The second-order valence-electron chi connectivity index (χ2n) is 4.02. The standard InChI is InChI=1S/C11H15N3O2S2/c1-8(12-2)6-14-18(15,16)9-3-4-10-11(5-9)17-7-13-10/h3-5,7-8,12,14H,6H2,1-2H3. The van der Waals surface area contributed by atoms with Gasteiger partial charge in [-0.2, -0.15) is 0 Å². The number of benzene rings is 1. The number of aromatic nitrogens is 1. The van der Waals surface area contributed by atoms with Gasteiger partial charge in [0, 0.05) is 12.6 Å². The second kappa shape index (κ2) is 5.31. The largest absolute Gasteiger partial charge is 0.316 e. The molecule has 5 nitrogen and oxygen atoms in total. The molecule has 1 aromatic carbocycles. The van der Waals surface area contributed by atoms with Crippen LogP contribution in [0.15, 0.2) is 28.6 Å². The van der Waals surface area contributed by atoms with Crippen LogP contribution in [0.3, 0.4) is 0 Å². The number of fused-ring (bicyclic) bond motifs is 1. The number of likely N-dealkylation sites (N-methyl/N-ethyl adjacent to an activating group) is 1. The van der Waals surface area contributed by atoms with Gasteiger partial charge in [0.25, 0.3) is 0 Å². The Morgan fingerprint density at radius 1 is 1.44 bits per heavy atom. The van der Waals surface area contributed by atoms with E-state index < -0.39 is 10.0 Å². The highest BCUT2D eigenvalue weighted by molar-refractivity contribution is 7.89. The van der Waals surface area contributed by atoms with Gasteiger partial charge in [0.2, 0.25) is 10.0 Å². The predicted molar refractivity (Wildman–Crippen MR) is 73.3 cm³/mol. The summed E-state index contributed by atoms with van der Waals surface area (Å²) in [6, 6.07) is 5.04. The van der Waals surface area contributed by atoms with E-state index >= 15 is 0 Å². The minimum atomic E-state index is -3.45. The summed E-state index contributed by atoms with van der Waals surface area (Å²) in [6.45, 7) is 2.27. The Morgan fingerprint density at radius 2 is 2.22 bits per heavy atom. The zero-order valence-electron chi connectivity index (χ0n) is 10.2. The summed E-state index contributed by atoms with van der Waals surface area (Å²) < 4.78 is 27.6. The molecule has 0 saturated carbocycles. The second-order valence-corrected chi connectivity index (χ2v) is 6.68. The van der Waals surface area contributed by atoms with E-state index in [1.54, 1.807) is 30.8 Å². The summed E-state index contributed by atoms with van der Waals surface area (Å²) in [5.41, 5.74) is 2.53. The van der Waals surface area contributed by atoms with Crippen molar-refractivity contribution in [1.29, 1.82) is 0 Å². The van der Waals surface area contributed by atoms with Gasteiger partial charge in [-0.15, -0.1) is 11.3 Å². The summed E-state index contributed by atoms with van der Waals surface area (Å²) in [4.78, 5) is 4.40. The summed E-state index contributed by atoms with van der Waals surface area (Å²) in [6.07, 6.45) is 0. The number of rotatable bonds is 5. The molecule has 2 aromatic rings. The number of hydrogen-bond acceptors (Lipinski definition) is 5. The lowest BCUT2D eigenvalue weighted by molar-refractivity contribution is 0.554. The molecule has 0 aliphatic heterocycles. The van der Waals surface area contributed by atoms with Crippen LogP contribution >= 0.6 is 11.3 Å². The molecule has 98 valence electrons. The third kappa shape index (κ3) is 2.86. The van der Waals surface area contributed by atoms with Crippen LogP contribution in [0.1, 0.15) is 6.92 Å². The highest BCUT2D eigenvalue weighted by Gasteiger charge is 2.15. The maximum atomic E-state index is 12.1. The van der Waals surface area contributed by atoms with Crippen molar-refractivity contribution in [2.45, 2.75) is 17.9 Å². The van der Waals surface area contributed by atoms with Crippen LogP contribution in [0.5, 0.6) is 0 Å². The van der Waals surface area contributed by atoms with Crippen LogP contribution in [-0.2, 0) is 10.0 Å². The van der Waals surface area contributed by atoms with E-state index in [9.17, 15) is 8.42 Å². The van der Waals surface area contributed by atoms with Crippen molar-refractivity contribution >= 4 is 31.6 Å². The van der Waals surface area contributed by atoms with E-state index in [1.165, 1.54) is 11.3 Å². The Kier molecular flexibility index (Phi) is 3.96. The predicted octanol–water partition coefficient (Wildman–Crippen LogP) is 1.18. The summed E-state index contributed by atoms with van der Waals surface area (Å²) in [5, 5.41) is 2.98. The van der Waals surface area contributed by atoms with Gasteiger partial charge in [0.15, 0.2) is 0 Å². The molecule has 1 aromatic heterocycles. The normalized spacial score (nSPS) is 13.9. The molecule has 0 radical (unpaired) electrons. The van der Waals surface area contributed by atoms with Crippen molar-refractivity contribution < 1.29 is 8.42 Å². The quantitative estimate of drug-likeness (QED) is 0.865. The van der Waals surface area contributed by atoms with Crippen molar-refractivity contribution in [3.63, 3.8) is 0 Å². The van der Waals surface area contributed by atoms with Crippen LogP contribution in [-0.4, -0.2) is 33.0 Å². The van der Waals surface area contributed by atoms with E-state index in [0.717, 1.165) is 10.2 Å². The lowest BCUT2D eigenvalue weighted by Gasteiger charge is -2.11. The Labute approximate surface area is 110 Å². The average Bonchev–Trinajstić information content (AvgIpc) is 2.83. The molecule has 0 saturated heterocycles. The van der Waals surface area contributed by atoms with Crippen LogP contribution in [0, 0.1) is 0 Å². The molecule has 0 spiro atoms. The minimum Gasteiger partial charge on any atom is -0.316 e. The molecular formula is C11H15N3O2S2. The highest BCUT2D eigenvalue weighted by atomic mass is 32.2. The molecular weight excluding hydrogens is 270 g/mol. The fourth-order valence-corrected chi connectivity index (χ4v) is 3.37. The highest BCUT2D eigenvalue weighted by Crippen LogP contribution is 2.21. The molecule has 0 bridgehead atoms. The van der Waals surface area contributed by atoms with Gasteiger partial charge >= 0.3 is 0 Å². The first-order valence-electron chi connectivity index (χ1n) is 5.53. The molecule has 0 amide bonds. The first kappa shape index (κ1) is 13.4. The smallest absolute Gasteiger partial charge is 0.240 e. The van der Waals surface area contributed by atoms with E-state index in [0.29, 0.717) is 6.54 Å². The lowest BCUT2D eigenvalue weighted by Crippen LogP contribution is -2.37. The molecule has 0 aliphatic rings. The van der Waals surface area contributed by atoms with Gasteiger partial charge in [-0.3, -0.25) is 0 Å². The van der Waals surface area contributed by atoms with Gasteiger partial charge in [-0.1, -0.05) is 0 Å². The molecule has 18 heavy (non-hydrogen) atoms. The van der Waals surface area contributed by atoms with E-state index in [2.05, 4.69) is 15.0 Å². The SMILES string of the molecule is CNC(C)CNS(=O)(=O)c1ccc2ncsc2c1. The molecule has 1 unspecified atom stereocenters. The monoisotopic (exact) mass is 285 g/mol. The summed E-state index contributed by atoms with van der Waals surface area (Å²) >= 11 is 1.43. The van der Waals surface area contributed by atoms with Gasteiger partial charge in [-0.25, -0.2) is 18.1 Å². The van der Waals surface area contributed by atoms with Crippen molar-refractivity contribution in [1.82, 2.24) is 15.0 Å². The third-order valence-corrected chi connectivity index (χ3v) is 4.90. The number of sulfonamides is 1. The Bertz CT molecular complexity index is 637. The molecule has 2 rings (SSSR count). The Hall–Kier alpha value is -1.02. The Balaban J connectivity index is 2.23. The average molecular weight is 285 g/mol. The zero-order chi connectivity index (χ0) is 13.2. The van der Waals surface area contributed by atoms with E-state index in [-0.39, 0.29) is 10.9 Å². The molecule has 2 N–H and O–H groups in total. The number of hydrogen-bond donors (Lipinski definition) is 2. The van der Waals surface area contributed by atoms with Crippen LogP contribution < -0.4 is 10.0 Å². The molecule has 0 fully saturated rings. The number of thiazole rings is 1. The topological polar surface area (TPSA) is 71.1 Å². The van der Waals surface area contributed by atoms with E-state index in [1.807, 2.05) is 6.92 Å². The van der Waals surface area contributed by atoms with Gasteiger partial charge in [0.1, 0.15) is 0 Å². The first-order valence-corrected chi connectivity index (χ1v) is 7.89. The Morgan fingerprint density at radius 3 is 2.94 bits per heavy atom.